The van der Waals surface area contributed by atoms with Crippen LogP contribution in [0, 0.1) is 5.92 Å². The van der Waals surface area contributed by atoms with Crippen molar-refractivity contribution in [3.63, 3.8) is 0 Å². The van der Waals surface area contributed by atoms with Gasteiger partial charge < -0.3 is 19.5 Å². The molecular formula is C15H27NO4. The van der Waals surface area contributed by atoms with Crippen LogP contribution in [-0.4, -0.2) is 53.6 Å². The predicted molar refractivity (Wildman–Crippen MR) is 75.5 cm³/mol. The summed E-state index contributed by atoms with van der Waals surface area (Å²) < 4.78 is 11.2. The van der Waals surface area contributed by atoms with Crippen molar-refractivity contribution in [1.82, 2.24) is 4.90 Å². The van der Waals surface area contributed by atoms with Crippen molar-refractivity contribution in [3.05, 3.63) is 0 Å². The Bertz CT molecular complexity index is 331. The maximum Gasteiger partial charge on any atom is 0.410 e. The number of carbonyl (C=O) groups is 1. The molecule has 0 bridgehead atoms. The zero-order valence-corrected chi connectivity index (χ0v) is 12.8. The second-order valence-corrected chi connectivity index (χ2v) is 6.89. The second kappa shape index (κ2) is 6.31. The van der Waals surface area contributed by atoms with Gasteiger partial charge in [-0.05, 0) is 52.4 Å². The molecule has 20 heavy (non-hydrogen) atoms. The number of hydrogen-bond donors (Lipinski definition) is 1. The number of ether oxygens (including phenoxy) is 2. The molecule has 2 aliphatic rings. The SMILES string of the molecule is CC(C)(C)OC(=O)N1CCC([C@H]2C[C@H](O)CCO2)CC1. The van der Waals surface area contributed by atoms with Crippen LogP contribution in [0.3, 0.4) is 0 Å². The van der Waals surface area contributed by atoms with Crippen LogP contribution in [0.4, 0.5) is 4.79 Å². The molecule has 2 rings (SSSR count). The molecule has 2 aliphatic heterocycles. The predicted octanol–water partition coefficient (Wildman–Crippen LogP) is 2.17. The summed E-state index contributed by atoms with van der Waals surface area (Å²) in [6.45, 7) is 7.74. The van der Waals surface area contributed by atoms with E-state index in [1.54, 1.807) is 4.90 Å². The van der Waals surface area contributed by atoms with Crippen LogP contribution in [0.2, 0.25) is 0 Å². The van der Waals surface area contributed by atoms with Gasteiger partial charge >= 0.3 is 6.09 Å². The monoisotopic (exact) mass is 285 g/mol. The van der Waals surface area contributed by atoms with Crippen LogP contribution >= 0.6 is 0 Å². The first kappa shape index (κ1) is 15.6. The Morgan fingerprint density at radius 3 is 2.45 bits per heavy atom. The van der Waals surface area contributed by atoms with Gasteiger partial charge in [0.25, 0.3) is 0 Å². The van der Waals surface area contributed by atoms with E-state index in [0.29, 0.717) is 12.5 Å². The van der Waals surface area contributed by atoms with Gasteiger partial charge in [-0.1, -0.05) is 0 Å². The van der Waals surface area contributed by atoms with E-state index in [1.165, 1.54) is 0 Å². The van der Waals surface area contributed by atoms with Gasteiger partial charge in [0.1, 0.15) is 5.60 Å². The number of hydrogen-bond acceptors (Lipinski definition) is 4. The Morgan fingerprint density at radius 1 is 1.25 bits per heavy atom. The number of likely N-dealkylation sites (tertiary alicyclic amines) is 1. The summed E-state index contributed by atoms with van der Waals surface area (Å²) in [5.41, 5.74) is -0.440. The third-order valence-corrected chi connectivity index (χ3v) is 4.00. The molecule has 0 saturated carbocycles. The molecule has 0 aromatic carbocycles. The lowest BCUT2D eigenvalue weighted by Crippen LogP contribution is -2.45. The number of nitrogens with zero attached hydrogens (tertiary/aromatic N) is 1. The van der Waals surface area contributed by atoms with Crippen molar-refractivity contribution in [3.8, 4) is 0 Å². The number of aliphatic hydroxyl groups excluding tert-OH is 1. The molecule has 2 atom stereocenters. The summed E-state index contributed by atoms with van der Waals surface area (Å²) in [6.07, 6.45) is 3.04. The van der Waals surface area contributed by atoms with Crippen molar-refractivity contribution < 1.29 is 19.4 Å². The first-order valence-electron chi connectivity index (χ1n) is 7.63. The van der Waals surface area contributed by atoms with Crippen LogP contribution in [0.5, 0.6) is 0 Å². The van der Waals surface area contributed by atoms with E-state index < -0.39 is 5.60 Å². The topological polar surface area (TPSA) is 59.0 Å². The molecule has 0 spiro atoms. The van der Waals surface area contributed by atoms with Gasteiger partial charge in [0, 0.05) is 19.7 Å². The van der Waals surface area contributed by atoms with E-state index >= 15 is 0 Å². The van der Waals surface area contributed by atoms with Crippen LogP contribution in [-0.2, 0) is 9.47 Å². The third kappa shape index (κ3) is 4.35. The average molecular weight is 285 g/mol. The summed E-state index contributed by atoms with van der Waals surface area (Å²) >= 11 is 0. The van der Waals surface area contributed by atoms with E-state index in [1.807, 2.05) is 20.8 Å². The van der Waals surface area contributed by atoms with E-state index in [2.05, 4.69) is 0 Å². The molecule has 5 heteroatoms. The van der Waals surface area contributed by atoms with Crippen LogP contribution in [0.25, 0.3) is 0 Å². The Morgan fingerprint density at radius 2 is 1.90 bits per heavy atom. The third-order valence-electron chi connectivity index (χ3n) is 4.00. The first-order chi connectivity index (χ1) is 9.35. The molecule has 0 aromatic rings. The molecule has 0 radical (unpaired) electrons. The molecule has 1 amide bonds. The van der Waals surface area contributed by atoms with Crippen LogP contribution in [0.15, 0.2) is 0 Å². The fourth-order valence-electron chi connectivity index (χ4n) is 2.92. The summed E-state index contributed by atoms with van der Waals surface area (Å²) in [4.78, 5) is 13.8. The highest BCUT2D eigenvalue weighted by atomic mass is 16.6. The standard InChI is InChI=1S/C15H27NO4/c1-15(2,3)20-14(18)16-7-4-11(5-8-16)13-10-12(17)6-9-19-13/h11-13,17H,4-10H2,1-3H3/t12-,13-/m1/s1. The smallest absolute Gasteiger partial charge is 0.410 e. The fourth-order valence-corrected chi connectivity index (χ4v) is 2.92. The second-order valence-electron chi connectivity index (χ2n) is 6.89. The summed E-state index contributed by atoms with van der Waals surface area (Å²) in [5.74, 6) is 0.448. The molecule has 0 aromatic heterocycles. The molecular weight excluding hydrogens is 258 g/mol. The molecule has 1 N–H and O–H groups in total. The zero-order chi connectivity index (χ0) is 14.8. The van der Waals surface area contributed by atoms with E-state index in [-0.39, 0.29) is 18.3 Å². The highest BCUT2D eigenvalue weighted by Gasteiger charge is 2.33. The lowest BCUT2D eigenvalue weighted by Gasteiger charge is -2.38. The molecule has 0 unspecified atom stereocenters. The number of carbonyl (C=O) groups excluding carboxylic acids is 1. The highest BCUT2D eigenvalue weighted by Crippen LogP contribution is 2.29. The van der Waals surface area contributed by atoms with Crippen molar-refractivity contribution in [1.29, 1.82) is 0 Å². The van der Waals surface area contributed by atoms with E-state index in [0.717, 1.165) is 38.8 Å². The Kier molecular flexibility index (Phi) is 4.91. The number of amides is 1. The van der Waals surface area contributed by atoms with Gasteiger partial charge in [-0.3, -0.25) is 0 Å². The molecule has 0 aliphatic carbocycles. The lowest BCUT2D eigenvalue weighted by atomic mass is 9.87. The number of piperidine rings is 1. The zero-order valence-electron chi connectivity index (χ0n) is 12.8. The van der Waals surface area contributed by atoms with Crippen molar-refractivity contribution >= 4 is 6.09 Å². The molecule has 116 valence electrons. The molecule has 2 fully saturated rings. The quantitative estimate of drug-likeness (QED) is 0.802. The van der Waals surface area contributed by atoms with Gasteiger partial charge in [-0.2, -0.15) is 0 Å². The van der Waals surface area contributed by atoms with Crippen molar-refractivity contribution in [2.24, 2.45) is 5.92 Å². The van der Waals surface area contributed by atoms with Crippen LogP contribution in [0.1, 0.15) is 46.5 Å². The van der Waals surface area contributed by atoms with Gasteiger partial charge in [0.15, 0.2) is 0 Å². The minimum atomic E-state index is -0.440. The first-order valence-corrected chi connectivity index (χ1v) is 7.63. The van der Waals surface area contributed by atoms with Gasteiger partial charge in [0.2, 0.25) is 0 Å². The normalized spacial score (nSPS) is 29.3. The fraction of sp³-hybridized carbons (Fsp3) is 0.933. The van der Waals surface area contributed by atoms with Crippen LogP contribution < -0.4 is 0 Å². The number of aliphatic hydroxyl groups is 1. The highest BCUT2D eigenvalue weighted by molar-refractivity contribution is 5.68. The number of rotatable bonds is 1. The van der Waals surface area contributed by atoms with Gasteiger partial charge in [-0.25, -0.2) is 4.79 Å². The molecule has 5 nitrogen and oxygen atoms in total. The van der Waals surface area contributed by atoms with Crippen molar-refractivity contribution in [2.45, 2.75) is 64.3 Å². The van der Waals surface area contributed by atoms with Gasteiger partial charge in [-0.15, -0.1) is 0 Å². The maximum absolute atomic E-state index is 12.0. The maximum atomic E-state index is 12.0. The summed E-state index contributed by atoms with van der Waals surface area (Å²) in [6, 6.07) is 0. The summed E-state index contributed by atoms with van der Waals surface area (Å²) in [5, 5.41) is 9.71. The molecule has 2 heterocycles. The van der Waals surface area contributed by atoms with E-state index in [4.69, 9.17) is 9.47 Å². The Hall–Kier alpha value is -0.810. The Labute approximate surface area is 121 Å². The average Bonchev–Trinajstić information content (AvgIpc) is 2.37. The largest absolute Gasteiger partial charge is 0.444 e. The molecule has 2 saturated heterocycles. The lowest BCUT2D eigenvalue weighted by molar-refractivity contribution is -0.0801. The van der Waals surface area contributed by atoms with E-state index in [9.17, 15) is 9.90 Å². The minimum absolute atomic E-state index is 0.152. The Balaban J connectivity index is 1.78. The van der Waals surface area contributed by atoms with Crippen molar-refractivity contribution in [2.75, 3.05) is 19.7 Å². The minimum Gasteiger partial charge on any atom is -0.444 e. The van der Waals surface area contributed by atoms with Gasteiger partial charge in [0.05, 0.1) is 12.2 Å². The summed E-state index contributed by atoms with van der Waals surface area (Å²) in [7, 11) is 0.